The van der Waals surface area contributed by atoms with Crippen LogP contribution in [0.2, 0.25) is 11.1 Å². The smallest absolute Gasteiger partial charge is 0.231 e. The molecule has 1 N–H and O–H groups in total. The molecule has 3 heteroatoms. The van der Waals surface area contributed by atoms with Gasteiger partial charge < -0.3 is 4.98 Å². The van der Waals surface area contributed by atoms with Crippen molar-refractivity contribution in [1.29, 1.82) is 0 Å². The van der Waals surface area contributed by atoms with E-state index in [9.17, 15) is 0 Å². The average Bonchev–Trinajstić information content (AvgIpc) is 1.86. The number of hydrogen-bond acceptors (Lipinski definition) is 1. The van der Waals surface area contributed by atoms with E-state index >= 15 is 0 Å². The largest absolute Gasteiger partial charge is 0.325 e. The monoisotopic (exact) mass is 193 g/mol. The molecule has 0 aliphatic rings. The predicted octanol–water partition coefficient (Wildman–Crippen LogP) is 3.10. The summed E-state index contributed by atoms with van der Waals surface area (Å²) in [4.78, 5) is 3.45. The van der Waals surface area contributed by atoms with Crippen LogP contribution >= 0.6 is 11.1 Å². The molecule has 1 nitrogen and oxygen atoms in total. The molecule has 68 valence electrons. The minimum absolute atomic E-state index is 0.249. The molecule has 0 aliphatic heterocycles. The molecule has 1 atom stereocenters. The second-order valence-electron chi connectivity index (χ2n) is 3.94. The first kappa shape index (κ1) is 11.5. The summed E-state index contributed by atoms with van der Waals surface area (Å²) in [6.45, 7) is 11.9. The summed E-state index contributed by atoms with van der Waals surface area (Å²) in [6.07, 6.45) is 0. The maximum Gasteiger partial charge on any atom is 0.231 e. The van der Waals surface area contributed by atoms with Crippen molar-refractivity contribution in [3.05, 3.63) is 0 Å². The first-order valence-electron chi connectivity index (χ1n) is 4.31. The molecule has 0 bridgehead atoms. The minimum atomic E-state index is -1.70. The van der Waals surface area contributed by atoms with Gasteiger partial charge in [-0.1, -0.05) is 34.6 Å². The fourth-order valence-corrected chi connectivity index (χ4v) is 4.00. The maximum atomic E-state index is 6.53. The van der Waals surface area contributed by atoms with Crippen LogP contribution < -0.4 is 4.98 Å². The molecule has 0 spiro atoms. The van der Waals surface area contributed by atoms with E-state index < -0.39 is 7.55 Å². The van der Waals surface area contributed by atoms with E-state index in [1.807, 2.05) is 0 Å². The van der Waals surface area contributed by atoms with Crippen molar-refractivity contribution < 1.29 is 0 Å². The van der Waals surface area contributed by atoms with Crippen LogP contribution in [0, 0.1) is 0 Å². The Bertz CT molecular complexity index is 122. The number of rotatable bonds is 3. The summed E-state index contributed by atoms with van der Waals surface area (Å²) in [5.41, 5.74) is 0. The molecule has 11 heavy (non-hydrogen) atoms. The summed E-state index contributed by atoms with van der Waals surface area (Å²) in [5.74, 6) is 0. The lowest BCUT2D eigenvalue weighted by molar-refractivity contribution is 0.696. The van der Waals surface area contributed by atoms with Gasteiger partial charge >= 0.3 is 0 Å². The van der Waals surface area contributed by atoms with Gasteiger partial charge in [0.05, 0.1) is 0 Å². The van der Waals surface area contributed by atoms with E-state index in [0.29, 0.717) is 0 Å². The second kappa shape index (κ2) is 3.92. The van der Waals surface area contributed by atoms with Crippen LogP contribution in [0.3, 0.4) is 0 Å². The molecular formula is C8H20ClNSi. The molecule has 0 rings (SSSR count). The Balaban J connectivity index is 4.33. The zero-order valence-electron chi connectivity index (χ0n) is 8.29. The zero-order valence-corrected chi connectivity index (χ0v) is 10.0. The van der Waals surface area contributed by atoms with Crippen molar-refractivity contribution in [2.45, 2.75) is 45.7 Å². The molecular weight excluding hydrogens is 174 g/mol. The SMILES string of the molecule is CCN[Si](Cl)(CC)C(C)(C)C. The lowest BCUT2D eigenvalue weighted by Gasteiger charge is -2.36. The Morgan fingerprint density at radius 2 is 1.73 bits per heavy atom. The van der Waals surface area contributed by atoms with Crippen LogP contribution in [-0.4, -0.2) is 14.1 Å². The van der Waals surface area contributed by atoms with Gasteiger partial charge in [0.2, 0.25) is 7.55 Å². The van der Waals surface area contributed by atoms with Crippen molar-refractivity contribution >= 4 is 18.6 Å². The van der Waals surface area contributed by atoms with Crippen molar-refractivity contribution in [3.8, 4) is 0 Å². The van der Waals surface area contributed by atoms with Crippen molar-refractivity contribution in [1.82, 2.24) is 4.98 Å². The number of hydrogen-bond donors (Lipinski definition) is 1. The quantitative estimate of drug-likeness (QED) is 0.537. The van der Waals surface area contributed by atoms with E-state index in [1.165, 1.54) is 0 Å². The van der Waals surface area contributed by atoms with E-state index in [2.05, 4.69) is 39.6 Å². The Labute approximate surface area is 76.3 Å². The molecule has 0 aliphatic carbocycles. The van der Waals surface area contributed by atoms with E-state index in [-0.39, 0.29) is 5.04 Å². The minimum Gasteiger partial charge on any atom is -0.325 e. The van der Waals surface area contributed by atoms with Gasteiger partial charge in [-0.25, -0.2) is 0 Å². The van der Waals surface area contributed by atoms with Crippen LogP contribution in [0.5, 0.6) is 0 Å². The molecule has 0 aromatic carbocycles. The normalized spacial score (nSPS) is 18.0. The molecule has 0 radical (unpaired) electrons. The third-order valence-electron chi connectivity index (χ3n) is 2.13. The first-order valence-corrected chi connectivity index (χ1v) is 7.53. The fraction of sp³-hybridized carbons (Fsp3) is 1.00. The van der Waals surface area contributed by atoms with Crippen molar-refractivity contribution in [2.75, 3.05) is 6.54 Å². The second-order valence-corrected chi connectivity index (χ2v) is 10.0. The zero-order chi connectivity index (χ0) is 9.12. The topological polar surface area (TPSA) is 12.0 Å². The number of nitrogens with one attached hydrogen (secondary N) is 1. The summed E-state index contributed by atoms with van der Waals surface area (Å²) < 4.78 is 0. The first-order chi connectivity index (χ1) is 4.87. The molecule has 0 aromatic heterocycles. The average molecular weight is 194 g/mol. The van der Waals surface area contributed by atoms with Crippen LogP contribution in [0.1, 0.15) is 34.6 Å². The van der Waals surface area contributed by atoms with Crippen LogP contribution in [0.15, 0.2) is 0 Å². The lowest BCUT2D eigenvalue weighted by Crippen LogP contribution is -2.51. The Morgan fingerprint density at radius 3 is 1.82 bits per heavy atom. The number of halogens is 1. The van der Waals surface area contributed by atoms with Gasteiger partial charge in [0, 0.05) is 0 Å². The van der Waals surface area contributed by atoms with E-state index in [1.54, 1.807) is 0 Å². The summed E-state index contributed by atoms with van der Waals surface area (Å²) in [5, 5.41) is 0.249. The van der Waals surface area contributed by atoms with E-state index in [4.69, 9.17) is 11.1 Å². The molecule has 0 saturated carbocycles. The molecule has 0 aromatic rings. The highest BCUT2D eigenvalue weighted by atomic mass is 35.6. The van der Waals surface area contributed by atoms with E-state index in [0.717, 1.165) is 12.6 Å². The Morgan fingerprint density at radius 1 is 1.27 bits per heavy atom. The Hall–Kier alpha value is 0.467. The molecule has 0 fully saturated rings. The summed E-state index contributed by atoms with van der Waals surface area (Å²) >= 11 is 6.53. The summed E-state index contributed by atoms with van der Waals surface area (Å²) in [6, 6.07) is 1.09. The van der Waals surface area contributed by atoms with Gasteiger partial charge in [-0.2, -0.15) is 0 Å². The Kier molecular flexibility index (Phi) is 4.09. The highest BCUT2D eigenvalue weighted by Crippen LogP contribution is 2.39. The standard InChI is InChI=1S/C8H20ClNSi/c1-6-10-11(9,7-2)8(3,4)5/h10H,6-7H2,1-5H3. The third-order valence-corrected chi connectivity index (χ3v) is 9.30. The van der Waals surface area contributed by atoms with Gasteiger partial charge in [-0.3, -0.25) is 0 Å². The third kappa shape index (κ3) is 2.77. The highest BCUT2D eigenvalue weighted by molar-refractivity contribution is 7.20. The maximum absolute atomic E-state index is 6.53. The van der Waals surface area contributed by atoms with Crippen LogP contribution in [0.4, 0.5) is 0 Å². The molecule has 1 unspecified atom stereocenters. The predicted molar refractivity (Wildman–Crippen MR) is 55.5 cm³/mol. The lowest BCUT2D eigenvalue weighted by atomic mass is 10.2. The van der Waals surface area contributed by atoms with Gasteiger partial charge in [0.25, 0.3) is 0 Å². The summed E-state index contributed by atoms with van der Waals surface area (Å²) in [7, 11) is -1.70. The van der Waals surface area contributed by atoms with Gasteiger partial charge in [-0.15, -0.1) is 11.1 Å². The molecule has 0 amide bonds. The fourth-order valence-electron chi connectivity index (χ4n) is 1.20. The van der Waals surface area contributed by atoms with Gasteiger partial charge in [0.15, 0.2) is 0 Å². The molecule has 0 heterocycles. The van der Waals surface area contributed by atoms with Crippen LogP contribution in [-0.2, 0) is 0 Å². The van der Waals surface area contributed by atoms with Gasteiger partial charge in [-0.05, 0) is 17.6 Å². The highest BCUT2D eigenvalue weighted by Gasteiger charge is 2.41. The van der Waals surface area contributed by atoms with Crippen molar-refractivity contribution in [2.24, 2.45) is 0 Å². The van der Waals surface area contributed by atoms with Gasteiger partial charge in [0.1, 0.15) is 0 Å². The van der Waals surface area contributed by atoms with Crippen molar-refractivity contribution in [3.63, 3.8) is 0 Å². The molecule has 0 saturated heterocycles. The van der Waals surface area contributed by atoms with Crippen LogP contribution in [0.25, 0.3) is 0 Å².